The molecule has 5 heteroatoms. The first-order valence-corrected chi connectivity index (χ1v) is 5.49. The molecule has 0 aromatic heterocycles. The standard InChI is InChI=1S/C10H19F3N2/c1-2-9(7-14)15-5-3-8(4-6-15)10(11,12)13/h8-9H,2-7,14H2,1H3. The van der Waals surface area contributed by atoms with E-state index in [0.717, 1.165) is 6.42 Å². The zero-order valence-electron chi connectivity index (χ0n) is 9.06. The number of hydrogen-bond acceptors (Lipinski definition) is 2. The smallest absolute Gasteiger partial charge is 0.329 e. The number of piperidine rings is 1. The fourth-order valence-electron chi connectivity index (χ4n) is 2.17. The Bertz CT molecular complexity index is 182. The number of halogens is 3. The minimum absolute atomic E-state index is 0.222. The molecule has 0 radical (unpaired) electrons. The highest BCUT2D eigenvalue weighted by molar-refractivity contribution is 4.81. The highest BCUT2D eigenvalue weighted by atomic mass is 19.4. The van der Waals surface area contributed by atoms with Crippen LogP contribution in [0.3, 0.4) is 0 Å². The van der Waals surface area contributed by atoms with E-state index in [4.69, 9.17) is 5.73 Å². The third kappa shape index (κ3) is 3.34. The predicted molar refractivity (Wildman–Crippen MR) is 53.5 cm³/mol. The van der Waals surface area contributed by atoms with Crippen molar-refractivity contribution in [1.29, 1.82) is 0 Å². The van der Waals surface area contributed by atoms with E-state index in [1.165, 1.54) is 0 Å². The summed E-state index contributed by atoms with van der Waals surface area (Å²) in [5, 5.41) is 0. The molecule has 0 spiro atoms. The van der Waals surface area contributed by atoms with Crippen LogP contribution >= 0.6 is 0 Å². The van der Waals surface area contributed by atoms with Crippen LogP contribution in [0.25, 0.3) is 0 Å². The van der Waals surface area contributed by atoms with Gasteiger partial charge in [-0.2, -0.15) is 13.2 Å². The Morgan fingerprint density at radius 2 is 1.87 bits per heavy atom. The van der Waals surface area contributed by atoms with Crippen LogP contribution in [0.5, 0.6) is 0 Å². The van der Waals surface area contributed by atoms with Gasteiger partial charge in [-0.3, -0.25) is 4.90 Å². The topological polar surface area (TPSA) is 29.3 Å². The van der Waals surface area contributed by atoms with Crippen molar-refractivity contribution in [2.24, 2.45) is 11.7 Å². The summed E-state index contributed by atoms with van der Waals surface area (Å²) in [5.74, 6) is -1.11. The van der Waals surface area contributed by atoms with Crippen LogP contribution in [-0.2, 0) is 0 Å². The second-order valence-corrected chi connectivity index (χ2v) is 4.15. The first-order valence-electron chi connectivity index (χ1n) is 5.49. The van der Waals surface area contributed by atoms with Crippen molar-refractivity contribution in [2.45, 2.75) is 38.4 Å². The van der Waals surface area contributed by atoms with Gasteiger partial charge in [0.05, 0.1) is 5.92 Å². The number of likely N-dealkylation sites (tertiary alicyclic amines) is 1. The molecular formula is C10H19F3N2. The molecule has 1 fully saturated rings. The van der Waals surface area contributed by atoms with Gasteiger partial charge >= 0.3 is 6.18 Å². The summed E-state index contributed by atoms with van der Waals surface area (Å²) < 4.78 is 37.2. The van der Waals surface area contributed by atoms with Crippen LogP contribution in [0, 0.1) is 5.92 Å². The minimum Gasteiger partial charge on any atom is -0.329 e. The lowest BCUT2D eigenvalue weighted by Gasteiger charge is -2.37. The highest BCUT2D eigenvalue weighted by Gasteiger charge is 2.41. The number of hydrogen-bond donors (Lipinski definition) is 1. The first kappa shape index (κ1) is 12.8. The molecule has 90 valence electrons. The molecule has 1 aliphatic rings. The monoisotopic (exact) mass is 224 g/mol. The van der Waals surface area contributed by atoms with Crippen LogP contribution in [0.1, 0.15) is 26.2 Å². The molecule has 1 atom stereocenters. The fourth-order valence-corrected chi connectivity index (χ4v) is 2.17. The van der Waals surface area contributed by atoms with Crippen molar-refractivity contribution < 1.29 is 13.2 Å². The maximum Gasteiger partial charge on any atom is 0.391 e. The first-order chi connectivity index (χ1) is 6.99. The predicted octanol–water partition coefficient (Wildman–Crippen LogP) is 2.00. The Kier molecular flexibility index (Phi) is 4.40. The molecule has 0 aromatic rings. The van der Waals surface area contributed by atoms with Crippen LogP contribution < -0.4 is 5.73 Å². The SMILES string of the molecule is CCC(CN)N1CCC(C(F)(F)F)CC1. The Hall–Kier alpha value is -0.290. The van der Waals surface area contributed by atoms with Gasteiger partial charge in [-0.05, 0) is 32.4 Å². The zero-order valence-corrected chi connectivity index (χ0v) is 9.06. The molecule has 1 heterocycles. The molecule has 2 N–H and O–H groups in total. The molecule has 0 aromatic carbocycles. The molecular weight excluding hydrogens is 205 g/mol. The Labute approximate surface area is 88.6 Å². The van der Waals surface area contributed by atoms with Crippen LogP contribution in [0.4, 0.5) is 13.2 Å². The quantitative estimate of drug-likeness (QED) is 0.794. The van der Waals surface area contributed by atoms with E-state index in [2.05, 4.69) is 4.90 Å². The molecule has 1 rings (SSSR count). The van der Waals surface area contributed by atoms with E-state index in [1.807, 2.05) is 6.92 Å². The van der Waals surface area contributed by atoms with Crippen molar-refractivity contribution in [1.82, 2.24) is 4.90 Å². The molecule has 0 saturated carbocycles. The van der Waals surface area contributed by atoms with Gasteiger partial charge in [-0.25, -0.2) is 0 Å². The summed E-state index contributed by atoms with van der Waals surface area (Å²) in [6, 6.07) is 0.249. The lowest BCUT2D eigenvalue weighted by molar-refractivity contribution is -0.186. The van der Waals surface area contributed by atoms with Crippen LogP contribution in [0.15, 0.2) is 0 Å². The second kappa shape index (κ2) is 5.16. The number of alkyl halides is 3. The van der Waals surface area contributed by atoms with Gasteiger partial charge < -0.3 is 5.73 Å². The lowest BCUT2D eigenvalue weighted by Crippen LogP contribution is -2.46. The van der Waals surface area contributed by atoms with Crippen molar-refractivity contribution >= 4 is 0 Å². The minimum atomic E-state index is -4.02. The van der Waals surface area contributed by atoms with Gasteiger partial charge in [-0.1, -0.05) is 6.92 Å². The van der Waals surface area contributed by atoms with Crippen LogP contribution in [-0.4, -0.2) is 36.8 Å². The zero-order chi connectivity index (χ0) is 11.5. The van der Waals surface area contributed by atoms with Gasteiger partial charge in [0.1, 0.15) is 0 Å². The van der Waals surface area contributed by atoms with Crippen molar-refractivity contribution in [2.75, 3.05) is 19.6 Å². The third-order valence-electron chi connectivity index (χ3n) is 3.25. The Balaban J connectivity index is 2.42. The summed E-state index contributed by atoms with van der Waals surface area (Å²) in [6.07, 6.45) is -2.66. The van der Waals surface area contributed by atoms with Gasteiger partial charge in [0.25, 0.3) is 0 Å². The van der Waals surface area contributed by atoms with Crippen molar-refractivity contribution in [3.63, 3.8) is 0 Å². The molecule has 1 saturated heterocycles. The molecule has 0 aliphatic carbocycles. The van der Waals surface area contributed by atoms with Gasteiger partial charge in [0.15, 0.2) is 0 Å². The molecule has 15 heavy (non-hydrogen) atoms. The Morgan fingerprint density at radius 3 is 2.20 bits per heavy atom. The fraction of sp³-hybridized carbons (Fsp3) is 1.00. The number of rotatable bonds is 3. The van der Waals surface area contributed by atoms with Gasteiger partial charge in [0, 0.05) is 12.6 Å². The summed E-state index contributed by atoms with van der Waals surface area (Å²) in [5.41, 5.74) is 5.57. The van der Waals surface area contributed by atoms with Gasteiger partial charge in [0.2, 0.25) is 0 Å². The summed E-state index contributed by atoms with van der Waals surface area (Å²) >= 11 is 0. The number of nitrogens with two attached hydrogens (primary N) is 1. The van der Waals surface area contributed by atoms with Gasteiger partial charge in [-0.15, -0.1) is 0 Å². The molecule has 1 aliphatic heterocycles. The number of nitrogens with zero attached hydrogens (tertiary/aromatic N) is 1. The highest BCUT2D eigenvalue weighted by Crippen LogP contribution is 2.34. The molecule has 0 amide bonds. The van der Waals surface area contributed by atoms with Crippen LogP contribution in [0.2, 0.25) is 0 Å². The normalized spacial score (nSPS) is 23.0. The maximum atomic E-state index is 12.4. The largest absolute Gasteiger partial charge is 0.391 e. The summed E-state index contributed by atoms with van der Waals surface area (Å²) in [6.45, 7) is 3.61. The van der Waals surface area contributed by atoms with E-state index in [1.54, 1.807) is 0 Å². The molecule has 2 nitrogen and oxygen atoms in total. The van der Waals surface area contributed by atoms with E-state index in [9.17, 15) is 13.2 Å². The van der Waals surface area contributed by atoms with E-state index < -0.39 is 12.1 Å². The van der Waals surface area contributed by atoms with E-state index in [-0.39, 0.29) is 18.9 Å². The van der Waals surface area contributed by atoms with E-state index >= 15 is 0 Å². The molecule has 0 bridgehead atoms. The Morgan fingerprint density at radius 1 is 1.33 bits per heavy atom. The maximum absolute atomic E-state index is 12.4. The van der Waals surface area contributed by atoms with Crippen molar-refractivity contribution in [3.05, 3.63) is 0 Å². The third-order valence-corrected chi connectivity index (χ3v) is 3.25. The average molecular weight is 224 g/mol. The van der Waals surface area contributed by atoms with Crippen molar-refractivity contribution in [3.8, 4) is 0 Å². The lowest BCUT2D eigenvalue weighted by atomic mass is 9.95. The summed E-state index contributed by atoms with van der Waals surface area (Å²) in [4.78, 5) is 2.09. The van der Waals surface area contributed by atoms with E-state index in [0.29, 0.717) is 19.6 Å². The average Bonchev–Trinajstić information content (AvgIpc) is 2.19. The molecule has 1 unspecified atom stereocenters. The summed E-state index contributed by atoms with van der Waals surface area (Å²) in [7, 11) is 0. The second-order valence-electron chi connectivity index (χ2n) is 4.15.